The number of hydrogen-bond acceptors (Lipinski definition) is 4. The highest BCUT2D eigenvalue weighted by Gasteiger charge is 2.11. The highest BCUT2D eigenvalue weighted by Crippen LogP contribution is 2.18. The van der Waals surface area contributed by atoms with Gasteiger partial charge in [-0.25, -0.2) is 4.39 Å². The first-order chi connectivity index (χ1) is 8.04. The summed E-state index contributed by atoms with van der Waals surface area (Å²) >= 11 is 5.64. The molecular weight excluding hydrogens is 249 g/mol. The number of nitrogens with zero attached hydrogens (tertiary/aromatic N) is 2. The van der Waals surface area contributed by atoms with Crippen molar-refractivity contribution in [3.8, 4) is 0 Å². The average molecular weight is 256 g/mol. The number of rotatable bonds is 2. The molecule has 2 rings (SSSR count). The molecule has 0 atom stereocenters. The van der Waals surface area contributed by atoms with E-state index >= 15 is 0 Å². The van der Waals surface area contributed by atoms with Crippen LogP contribution in [0, 0.1) is 5.82 Å². The van der Waals surface area contributed by atoms with Crippen LogP contribution < -0.4 is 11.1 Å². The van der Waals surface area contributed by atoms with Crippen molar-refractivity contribution in [1.29, 1.82) is 0 Å². The minimum atomic E-state index is -0.587. The fourth-order valence-corrected chi connectivity index (χ4v) is 1.41. The number of benzene rings is 1. The fraction of sp³-hybridized carbons (Fsp3) is 0. The molecule has 0 aliphatic rings. The number of carbonyl (C=O) groups is 1. The Labute approximate surface area is 100.0 Å². The number of aromatic amines is 1. The lowest BCUT2D eigenvalue weighted by atomic mass is 10.3. The number of halogens is 2. The second-order valence-corrected chi connectivity index (χ2v) is 3.59. The van der Waals surface area contributed by atoms with E-state index in [9.17, 15) is 9.18 Å². The van der Waals surface area contributed by atoms with Crippen LogP contribution in [0.5, 0.6) is 0 Å². The molecule has 6 nitrogen and oxygen atoms in total. The molecule has 8 heteroatoms. The molecule has 88 valence electrons. The number of amides is 1. The molecule has 0 bridgehead atoms. The number of nitrogens with one attached hydrogen (secondary N) is 2. The Hall–Kier alpha value is -2.15. The maximum Gasteiger partial charge on any atom is 0.293 e. The van der Waals surface area contributed by atoms with Gasteiger partial charge in [-0.1, -0.05) is 11.6 Å². The van der Waals surface area contributed by atoms with Gasteiger partial charge in [0.1, 0.15) is 5.82 Å². The molecule has 0 aliphatic heterocycles. The SMILES string of the molecule is Nc1n[nH]c(C(=O)Nc2cc(F)cc(Cl)c2)n1. The molecule has 2 aromatic rings. The minimum absolute atomic E-state index is 0.0487. The summed E-state index contributed by atoms with van der Waals surface area (Å²) < 4.78 is 13.0. The van der Waals surface area contributed by atoms with Crippen LogP contribution in [0.1, 0.15) is 10.6 Å². The van der Waals surface area contributed by atoms with Crippen LogP contribution in [0.15, 0.2) is 18.2 Å². The lowest BCUT2D eigenvalue weighted by molar-refractivity contribution is 0.101. The summed E-state index contributed by atoms with van der Waals surface area (Å²) in [7, 11) is 0. The lowest BCUT2D eigenvalue weighted by Crippen LogP contribution is -2.14. The number of carbonyl (C=O) groups excluding carboxylic acids is 1. The molecule has 4 N–H and O–H groups in total. The Morgan fingerprint density at radius 2 is 2.24 bits per heavy atom. The van der Waals surface area contributed by atoms with E-state index in [1.54, 1.807) is 0 Å². The van der Waals surface area contributed by atoms with Gasteiger partial charge in [0.05, 0.1) is 0 Å². The second-order valence-electron chi connectivity index (χ2n) is 3.15. The molecule has 0 saturated carbocycles. The van der Waals surface area contributed by atoms with Crippen molar-refractivity contribution in [3.05, 3.63) is 34.9 Å². The Morgan fingerprint density at radius 3 is 2.82 bits per heavy atom. The fourth-order valence-electron chi connectivity index (χ4n) is 1.19. The van der Waals surface area contributed by atoms with Crippen molar-refractivity contribution in [3.63, 3.8) is 0 Å². The van der Waals surface area contributed by atoms with Crippen LogP contribution in [0.3, 0.4) is 0 Å². The third-order valence-corrected chi connectivity index (χ3v) is 2.06. The monoisotopic (exact) mass is 255 g/mol. The summed E-state index contributed by atoms with van der Waals surface area (Å²) in [6, 6.07) is 3.66. The van der Waals surface area contributed by atoms with Gasteiger partial charge in [0.2, 0.25) is 11.8 Å². The third-order valence-electron chi connectivity index (χ3n) is 1.84. The largest absolute Gasteiger partial charge is 0.366 e. The zero-order valence-electron chi connectivity index (χ0n) is 8.37. The Morgan fingerprint density at radius 1 is 1.47 bits per heavy atom. The highest BCUT2D eigenvalue weighted by molar-refractivity contribution is 6.31. The molecule has 0 unspecified atom stereocenters. The van der Waals surface area contributed by atoms with Gasteiger partial charge in [0.25, 0.3) is 5.91 Å². The second kappa shape index (κ2) is 4.38. The van der Waals surface area contributed by atoms with Crippen LogP contribution in [0.25, 0.3) is 0 Å². The number of nitrogen functional groups attached to an aromatic ring is 1. The summed E-state index contributed by atoms with van der Waals surface area (Å²) in [5.74, 6) is -1.25. The van der Waals surface area contributed by atoms with Gasteiger partial charge in [-0.2, -0.15) is 4.98 Å². The zero-order chi connectivity index (χ0) is 12.4. The number of aromatic nitrogens is 3. The van der Waals surface area contributed by atoms with Crippen molar-refractivity contribution in [2.24, 2.45) is 0 Å². The van der Waals surface area contributed by atoms with Crippen LogP contribution >= 0.6 is 11.6 Å². The molecule has 0 saturated heterocycles. The first kappa shape index (κ1) is 11.3. The summed E-state index contributed by atoms with van der Waals surface area (Å²) in [5.41, 5.74) is 5.46. The van der Waals surface area contributed by atoms with Crippen molar-refractivity contribution >= 4 is 29.1 Å². The van der Waals surface area contributed by atoms with E-state index < -0.39 is 11.7 Å². The Bertz CT molecular complexity index is 550. The number of nitrogens with two attached hydrogens (primary N) is 1. The lowest BCUT2D eigenvalue weighted by Gasteiger charge is -2.03. The summed E-state index contributed by atoms with van der Waals surface area (Å²) in [6.07, 6.45) is 0. The standard InChI is InChI=1S/C9H7ClFN5O/c10-4-1-5(11)3-6(2-4)13-8(17)7-14-9(12)16-15-7/h1-3H,(H,13,17)(H3,12,14,15,16). The molecule has 0 radical (unpaired) electrons. The van der Waals surface area contributed by atoms with Crippen LogP contribution in [0.4, 0.5) is 16.0 Å². The van der Waals surface area contributed by atoms with Crippen molar-refractivity contribution in [1.82, 2.24) is 15.2 Å². The van der Waals surface area contributed by atoms with Gasteiger partial charge < -0.3 is 11.1 Å². The normalized spacial score (nSPS) is 10.2. The summed E-state index contributed by atoms with van der Waals surface area (Å²) in [5, 5.41) is 8.40. The maximum absolute atomic E-state index is 13.0. The Balaban J connectivity index is 2.18. The smallest absolute Gasteiger partial charge is 0.293 e. The van der Waals surface area contributed by atoms with E-state index in [1.807, 2.05) is 0 Å². The molecule has 1 amide bonds. The molecular formula is C9H7ClFN5O. The van der Waals surface area contributed by atoms with Gasteiger partial charge >= 0.3 is 0 Å². The van der Waals surface area contributed by atoms with E-state index in [-0.39, 0.29) is 22.5 Å². The molecule has 1 aromatic carbocycles. The van der Waals surface area contributed by atoms with E-state index in [0.29, 0.717) is 0 Å². The average Bonchev–Trinajstić information content (AvgIpc) is 2.63. The topological polar surface area (TPSA) is 96.7 Å². The van der Waals surface area contributed by atoms with Crippen molar-refractivity contribution in [2.45, 2.75) is 0 Å². The van der Waals surface area contributed by atoms with Crippen molar-refractivity contribution in [2.75, 3.05) is 11.1 Å². The van der Waals surface area contributed by atoms with Gasteiger partial charge in [0.15, 0.2) is 0 Å². The van der Waals surface area contributed by atoms with Crippen LogP contribution in [-0.2, 0) is 0 Å². The van der Waals surface area contributed by atoms with Crippen molar-refractivity contribution < 1.29 is 9.18 Å². The predicted octanol–water partition coefficient (Wildman–Crippen LogP) is 1.43. The molecule has 0 spiro atoms. The first-order valence-electron chi connectivity index (χ1n) is 4.50. The van der Waals surface area contributed by atoms with Crippen LogP contribution in [-0.4, -0.2) is 21.1 Å². The molecule has 1 aromatic heterocycles. The molecule has 1 heterocycles. The predicted molar refractivity (Wildman–Crippen MR) is 60.2 cm³/mol. The third kappa shape index (κ3) is 2.70. The van der Waals surface area contributed by atoms with Gasteiger partial charge in [0, 0.05) is 10.7 Å². The van der Waals surface area contributed by atoms with Gasteiger partial charge in [-0.15, -0.1) is 5.10 Å². The van der Waals surface area contributed by atoms with Gasteiger partial charge in [-0.05, 0) is 18.2 Å². The number of hydrogen-bond donors (Lipinski definition) is 3. The number of H-pyrrole nitrogens is 1. The first-order valence-corrected chi connectivity index (χ1v) is 4.88. The van der Waals surface area contributed by atoms with Gasteiger partial charge in [-0.3, -0.25) is 9.89 Å². The molecule has 17 heavy (non-hydrogen) atoms. The van der Waals surface area contributed by atoms with E-state index in [1.165, 1.54) is 6.07 Å². The quantitative estimate of drug-likeness (QED) is 0.756. The molecule has 0 fully saturated rings. The Kier molecular flexibility index (Phi) is 2.92. The van der Waals surface area contributed by atoms with E-state index in [4.69, 9.17) is 17.3 Å². The molecule has 0 aliphatic carbocycles. The zero-order valence-corrected chi connectivity index (χ0v) is 9.12. The number of anilines is 2. The maximum atomic E-state index is 13.0. The highest BCUT2D eigenvalue weighted by atomic mass is 35.5. The summed E-state index contributed by atoms with van der Waals surface area (Å²) in [6.45, 7) is 0. The minimum Gasteiger partial charge on any atom is -0.366 e. The summed E-state index contributed by atoms with van der Waals surface area (Å²) in [4.78, 5) is 15.2. The van der Waals surface area contributed by atoms with E-state index in [0.717, 1.165) is 12.1 Å². The van der Waals surface area contributed by atoms with Crippen LogP contribution in [0.2, 0.25) is 5.02 Å². The van der Waals surface area contributed by atoms with E-state index in [2.05, 4.69) is 20.5 Å².